The van der Waals surface area contributed by atoms with Gasteiger partial charge in [0.05, 0.1) is 28.2 Å². The van der Waals surface area contributed by atoms with Crippen LogP contribution in [0.25, 0.3) is 10.2 Å². The molecule has 0 amide bonds. The quantitative estimate of drug-likeness (QED) is 0.140. The number of hydrogen-bond donors (Lipinski definition) is 2. The molecule has 0 aliphatic heterocycles. The van der Waals surface area contributed by atoms with Crippen LogP contribution in [-0.4, -0.2) is 38.4 Å². The fourth-order valence-corrected chi connectivity index (χ4v) is 9.19. The largest absolute Gasteiger partial charge is 0.461 e. The van der Waals surface area contributed by atoms with E-state index in [4.69, 9.17) is 9.40 Å². The molecule has 3 aliphatic rings. The fraction of sp³-hybridized carbons (Fsp3) is 0.412. The zero-order chi connectivity index (χ0) is 28.6. The number of carbonyl (C=O) groups excluding carboxylic acids is 1. The number of nitrogens with zero attached hydrogens (tertiary/aromatic N) is 1. The number of rotatable bonds is 5. The number of aliphatic hydroxyl groups is 2. The van der Waals surface area contributed by atoms with Crippen molar-refractivity contribution in [3.8, 4) is 0 Å². The van der Waals surface area contributed by atoms with Crippen molar-refractivity contribution >= 4 is 39.1 Å². The van der Waals surface area contributed by atoms with Crippen LogP contribution >= 0.6 is 23.1 Å². The lowest BCUT2D eigenvalue weighted by Crippen LogP contribution is -2.46. The Morgan fingerprint density at radius 3 is 2.80 bits per heavy atom. The molecule has 3 aliphatic carbocycles. The van der Waals surface area contributed by atoms with Gasteiger partial charge in [0, 0.05) is 16.7 Å². The Labute approximate surface area is 249 Å². The maximum absolute atomic E-state index is 13.8. The van der Waals surface area contributed by atoms with Crippen LogP contribution in [0.15, 0.2) is 81.3 Å². The molecule has 41 heavy (non-hydrogen) atoms. The third-order valence-corrected chi connectivity index (χ3v) is 11.8. The van der Waals surface area contributed by atoms with E-state index < -0.39 is 17.1 Å². The van der Waals surface area contributed by atoms with E-state index in [2.05, 4.69) is 38.1 Å². The number of hydrogen-bond acceptors (Lipinski definition) is 7. The van der Waals surface area contributed by atoms with Crippen molar-refractivity contribution in [1.29, 1.82) is 0 Å². The van der Waals surface area contributed by atoms with Gasteiger partial charge in [0.25, 0.3) is 0 Å². The number of benzene rings is 2. The molecule has 2 aromatic carbocycles. The summed E-state index contributed by atoms with van der Waals surface area (Å²) < 4.78 is 7.66. The summed E-state index contributed by atoms with van der Waals surface area (Å²) in [6.07, 6.45) is 8.41. The maximum atomic E-state index is 13.8. The summed E-state index contributed by atoms with van der Waals surface area (Å²) in [6, 6.07) is 17.7. The second kappa shape index (κ2) is 11.5. The Balaban J connectivity index is 1.39. The standard InChI is InChI=1S/C34H37NO4S2/c1-22-7-5-16-33(2)27(15-17-34(33,38)21-40-32-35-28-8-3-4-10-30(28)41-32)25-14-12-23(19-24(36)13-11-22)20-26(25)31(37)29-9-6-18-39-29/h3-4,6-10,12,14,18,20,24,27,36,38H,5,11,13,15-17,19,21H2,1-2H3/t24-,27-,33-,34+/m0/s1. The number of para-hydroxylation sites is 1. The molecule has 0 saturated heterocycles. The van der Waals surface area contributed by atoms with E-state index >= 15 is 0 Å². The van der Waals surface area contributed by atoms with E-state index in [1.807, 2.05) is 24.3 Å². The highest BCUT2D eigenvalue weighted by Gasteiger charge is 2.56. The van der Waals surface area contributed by atoms with Crippen LogP contribution < -0.4 is 0 Å². The van der Waals surface area contributed by atoms with Gasteiger partial charge in [-0.25, -0.2) is 4.98 Å². The first-order valence-electron chi connectivity index (χ1n) is 14.5. The van der Waals surface area contributed by atoms with Crippen LogP contribution in [0.5, 0.6) is 0 Å². The Hall–Kier alpha value is -2.71. The van der Waals surface area contributed by atoms with Crippen LogP contribution in [0.3, 0.4) is 0 Å². The molecule has 5 nitrogen and oxygen atoms in total. The van der Waals surface area contributed by atoms with Crippen molar-refractivity contribution in [2.45, 2.75) is 80.8 Å². The molecular weight excluding hydrogens is 551 g/mol. The number of allylic oxidation sites excluding steroid dienone is 2. The molecule has 2 heterocycles. The molecule has 2 aromatic heterocycles. The molecule has 214 valence electrons. The number of aliphatic hydroxyl groups excluding tert-OH is 1. The molecule has 2 bridgehead atoms. The minimum Gasteiger partial charge on any atom is -0.461 e. The number of furan rings is 1. The van der Waals surface area contributed by atoms with E-state index in [0.29, 0.717) is 36.3 Å². The van der Waals surface area contributed by atoms with Crippen LogP contribution in [0.2, 0.25) is 0 Å². The lowest BCUT2D eigenvalue weighted by Gasteiger charge is -2.44. The highest BCUT2D eigenvalue weighted by Crippen LogP contribution is 2.59. The molecule has 4 aromatic rings. The highest BCUT2D eigenvalue weighted by molar-refractivity contribution is 8.01. The third-order valence-electron chi connectivity index (χ3n) is 9.37. The smallest absolute Gasteiger partial charge is 0.228 e. The minimum atomic E-state index is -0.932. The number of carbonyl (C=O) groups is 1. The Bertz CT molecular complexity index is 1540. The predicted octanol–water partition coefficient (Wildman–Crippen LogP) is 7.95. The first-order valence-corrected chi connectivity index (χ1v) is 16.3. The maximum Gasteiger partial charge on any atom is 0.228 e. The topological polar surface area (TPSA) is 83.6 Å². The summed E-state index contributed by atoms with van der Waals surface area (Å²) in [5.74, 6) is 0.706. The van der Waals surface area contributed by atoms with E-state index in [9.17, 15) is 15.0 Å². The van der Waals surface area contributed by atoms with Gasteiger partial charge in [0.15, 0.2) is 10.1 Å². The number of thiazole rings is 1. The molecule has 0 radical (unpaired) electrons. The van der Waals surface area contributed by atoms with E-state index in [0.717, 1.165) is 51.4 Å². The SMILES string of the molecule is CC1=CCC[C@@]2(C)[C@@H](CC[C@@]2(O)CSc2nc3ccccc3s2)c2ccc(cc2C(=O)c2ccco2)C[C@@H](O)CC1. The van der Waals surface area contributed by atoms with Gasteiger partial charge in [-0.05, 0) is 99.2 Å². The second-order valence-electron chi connectivity index (χ2n) is 12.0. The zero-order valence-corrected chi connectivity index (χ0v) is 25.3. The summed E-state index contributed by atoms with van der Waals surface area (Å²) >= 11 is 3.31. The zero-order valence-electron chi connectivity index (χ0n) is 23.6. The van der Waals surface area contributed by atoms with Gasteiger partial charge in [-0.3, -0.25) is 4.79 Å². The molecule has 7 heteroatoms. The number of fused-ring (bicyclic) bond motifs is 9. The molecule has 0 unspecified atom stereocenters. The van der Waals surface area contributed by atoms with Crippen molar-refractivity contribution in [2.75, 3.05) is 5.75 Å². The van der Waals surface area contributed by atoms with Crippen molar-refractivity contribution in [3.05, 3.63) is 95.0 Å². The summed E-state index contributed by atoms with van der Waals surface area (Å²) in [5.41, 5.74) is 3.40. The summed E-state index contributed by atoms with van der Waals surface area (Å²) in [7, 11) is 0. The number of thioether (sulfide) groups is 1. The predicted molar refractivity (Wildman–Crippen MR) is 166 cm³/mol. The molecule has 1 fully saturated rings. The Kier molecular flexibility index (Phi) is 7.98. The van der Waals surface area contributed by atoms with Crippen molar-refractivity contribution in [1.82, 2.24) is 4.98 Å². The minimum absolute atomic E-state index is 0.00648. The molecule has 2 N–H and O–H groups in total. The number of aromatic nitrogens is 1. The van der Waals surface area contributed by atoms with E-state index in [-0.39, 0.29) is 11.7 Å². The highest BCUT2D eigenvalue weighted by atomic mass is 32.2. The summed E-state index contributed by atoms with van der Waals surface area (Å²) in [5, 5.41) is 23.2. The molecular formula is C34H37NO4S2. The van der Waals surface area contributed by atoms with Crippen LogP contribution in [0, 0.1) is 5.41 Å². The van der Waals surface area contributed by atoms with Gasteiger partial charge in [-0.2, -0.15) is 0 Å². The summed E-state index contributed by atoms with van der Waals surface area (Å²) in [6.45, 7) is 4.35. The van der Waals surface area contributed by atoms with Gasteiger partial charge in [0.1, 0.15) is 0 Å². The van der Waals surface area contributed by atoms with E-state index in [1.165, 1.54) is 11.8 Å². The first-order chi connectivity index (χ1) is 19.8. The molecule has 7 rings (SSSR count). The average Bonchev–Trinajstić information content (AvgIpc) is 3.70. The molecule has 0 spiro atoms. The van der Waals surface area contributed by atoms with Gasteiger partial charge in [-0.15, -0.1) is 11.3 Å². The Morgan fingerprint density at radius 1 is 1.15 bits per heavy atom. The fourth-order valence-electron chi connectivity index (χ4n) is 6.81. The van der Waals surface area contributed by atoms with Crippen LogP contribution in [0.1, 0.15) is 85.5 Å². The van der Waals surface area contributed by atoms with Crippen molar-refractivity contribution in [3.63, 3.8) is 0 Å². The third kappa shape index (κ3) is 5.57. The van der Waals surface area contributed by atoms with Crippen molar-refractivity contribution in [2.24, 2.45) is 5.41 Å². The normalized spacial score (nSPS) is 27.0. The van der Waals surface area contributed by atoms with Gasteiger partial charge in [0.2, 0.25) is 5.78 Å². The molecule has 4 atom stereocenters. The monoisotopic (exact) mass is 587 g/mol. The molecule has 1 saturated carbocycles. The van der Waals surface area contributed by atoms with Crippen molar-refractivity contribution < 1.29 is 19.4 Å². The lowest BCUT2D eigenvalue weighted by atomic mass is 9.65. The average molecular weight is 588 g/mol. The van der Waals surface area contributed by atoms with Gasteiger partial charge in [-0.1, -0.05) is 54.6 Å². The number of ketones is 1. The van der Waals surface area contributed by atoms with Gasteiger partial charge < -0.3 is 14.6 Å². The first kappa shape index (κ1) is 28.4. The van der Waals surface area contributed by atoms with Gasteiger partial charge >= 0.3 is 0 Å². The van der Waals surface area contributed by atoms with Crippen LogP contribution in [0.4, 0.5) is 0 Å². The summed E-state index contributed by atoms with van der Waals surface area (Å²) in [4.78, 5) is 18.6. The lowest BCUT2D eigenvalue weighted by molar-refractivity contribution is -0.0422. The Morgan fingerprint density at radius 2 is 2.00 bits per heavy atom. The van der Waals surface area contributed by atoms with Crippen LogP contribution in [-0.2, 0) is 6.42 Å². The van der Waals surface area contributed by atoms with E-state index in [1.54, 1.807) is 35.2 Å². The second-order valence-corrected chi connectivity index (χ2v) is 14.2.